The molecule has 5 nitrogen and oxygen atoms in total. The summed E-state index contributed by atoms with van der Waals surface area (Å²) in [5, 5.41) is 37.2. The Balaban J connectivity index is 3.41. The largest absolute Gasteiger partial charge is 0.299 e. The molecular formula is C16H18N4O. The minimum Gasteiger partial charge on any atom is -0.299 e. The molecule has 5 heteroatoms. The standard InChI is InChI=1S/C16H18N4O/c1-10(2)13-5-4-11(3)14(15(13)21)16(8-19,9-20)12(6-17)7-18/h10-14H,4-5H2,1-3H3/t11-,13-,14-/m1/s1. The molecule has 0 radical (unpaired) electrons. The second-order valence-electron chi connectivity index (χ2n) is 6.07. The van der Waals surface area contributed by atoms with Gasteiger partial charge in [0.1, 0.15) is 5.78 Å². The summed E-state index contributed by atoms with van der Waals surface area (Å²) in [6, 6.07) is 7.10. The number of nitrogens with zero attached hydrogens (tertiary/aromatic N) is 4. The summed E-state index contributed by atoms with van der Waals surface area (Å²) in [7, 11) is 0. The molecule has 1 aliphatic carbocycles. The van der Waals surface area contributed by atoms with E-state index in [4.69, 9.17) is 10.5 Å². The van der Waals surface area contributed by atoms with Gasteiger partial charge in [-0.25, -0.2) is 0 Å². The second-order valence-corrected chi connectivity index (χ2v) is 6.07. The number of hydrogen-bond donors (Lipinski definition) is 0. The molecular weight excluding hydrogens is 264 g/mol. The normalized spacial score (nSPS) is 25.8. The number of hydrogen-bond acceptors (Lipinski definition) is 5. The van der Waals surface area contributed by atoms with Gasteiger partial charge in [-0.15, -0.1) is 0 Å². The molecule has 0 aliphatic heterocycles. The van der Waals surface area contributed by atoms with Gasteiger partial charge in [0.25, 0.3) is 0 Å². The van der Waals surface area contributed by atoms with Gasteiger partial charge < -0.3 is 0 Å². The first kappa shape index (κ1) is 16.7. The molecule has 3 atom stereocenters. The molecule has 21 heavy (non-hydrogen) atoms. The lowest BCUT2D eigenvalue weighted by atomic mass is 9.57. The summed E-state index contributed by atoms with van der Waals surface area (Å²) in [6.45, 7) is 5.68. The highest BCUT2D eigenvalue weighted by Crippen LogP contribution is 2.47. The van der Waals surface area contributed by atoms with Crippen LogP contribution < -0.4 is 0 Å². The monoisotopic (exact) mass is 282 g/mol. The fourth-order valence-corrected chi connectivity index (χ4v) is 3.30. The Morgan fingerprint density at radius 3 is 2.00 bits per heavy atom. The number of carbonyl (C=O) groups excluding carboxylic acids is 1. The molecule has 1 rings (SSSR count). The van der Waals surface area contributed by atoms with Gasteiger partial charge in [0.2, 0.25) is 0 Å². The van der Waals surface area contributed by atoms with Gasteiger partial charge >= 0.3 is 0 Å². The zero-order valence-electron chi connectivity index (χ0n) is 12.5. The molecule has 0 aromatic carbocycles. The molecule has 0 saturated heterocycles. The van der Waals surface area contributed by atoms with Crippen molar-refractivity contribution in [3.8, 4) is 24.3 Å². The van der Waals surface area contributed by atoms with Gasteiger partial charge in [-0.1, -0.05) is 20.8 Å². The van der Waals surface area contributed by atoms with E-state index in [2.05, 4.69) is 0 Å². The Kier molecular flexibility index (Phi) is 5.07. The molecule has 108 valence electrons. The predicted molar refractivity (Wildman–Crippen MR) is 73.6 cm³/mol. The van der Waals surface area contributed by atoms with Crippen LogP contribution in [0.2, 0.25) is 0 Å². The summed E-state index contributed by atoms with van der Waals surface area (Å²) >= 11 is 0. The molecule has 1 saturated carbocycles. The summed E-state index contributed by atoms with van der Waals surface area (Å²) in [5.41, 5.74) is -1.88. The summed E-state index contributed by atoms with van der Waals surface area (Å²) in [4.78, 5) is 12.8. The minimum absolute atomic E-state index is 0.116. The Labute approximate surface area is 125 Å². The first-order chi connectivity index (χ1) is 9.89. The highest BCUT2D eigenvalue weighted by molar-refractivity contribution is 5.86. The van der Waals surface area contributed by atoms with Crippen molar-refractivity contribution in [1.82, 2.24) is 0 Å². The number of nitriles is 4. The van der Waals surface area contributed by atoms with Crippen molar-refractivity contribution < 1.29 is 4.79 Å². The number of ketones is 1. The van der Waals surface area contributed by atoms with E-state index in [9.17, 15) is 15.3 Å². The van der Waals surface area contributed by atoms with Crippen LogP contribution in [-0.2, 0) is 4.79 Å². The zero-order chi connectivity index (χ0) is 16.2. The summed E-state index contributed by atoms with van der Waals surface area (Å²) < 4.78 is 0. The van der Waals surface area contributed by atoms with Gasteiger partial charge in [0, 0.05) is 5.92 Å². The molecule has 0 aromatic heterocycles. The van der Waals surface area contributed by atoms with Crippen molar-refractivity contribution >= 4 is 5.78 Å². The molecule has 0 unspecified atom stereocenters. The van der Waals surface area contributed by atoms with E-state index in [0.717, 1.165) is 6.42 Å². The third-order valence-corrected chi connectivity index (χ3v) is 4.55. The van der Waals surface area contributed by atoms with Crippen LogP contribution in [0.1, 0.15) is 33.6 Å². The number of Topliss-reactive ketones (excluding diaryl/α,β-unsaturated/α-hetero) is 1. The van der Waals surface area contributed by atoms with Crippen LogP contribution in [0.4, 0.5) is 0 Å². The molecule has 0 spiro atoms. The van der Waals surface area contributed by atoms with E-state index < -0.39 is 17.3 Å². The third kappa shape index (κ3) is 2.61. The van der Waals surface area contributed by atoms with E-state index >= 15 is 0 Å². The number of rotatable bonds is 3. The smallest absolute Gasteiger partial charge is 0.182 e. The van der Waals surface area contributed by atoms with Crippen molar-refractivity contribution in [3.63, 3.8) is 0 Å². The fourth-order valence-electron chi connectivity index (χ4n) is 3.30. The lowest BCUT2D eigenvalue weighted by Crippen LogP contribution is -2.48. The Bertz CT molecular complexity index is 553. The predicted octanol–water partition coefficient (Wildman–Crippen LogP) is 2.57. The minimum atomic E-state index is -1.88. The maximum atomic E-state index is 12.8. The molecule has 0 aromatic rings. The van der Waals surface area contributed by atoms with Crippen LogP contribution in [0.3, 0.4) is 0 Å². The highest BCUT2D eigenvalue weighted by atomic mass is 16.1. The van der Waals surface area contributed by atoms with Crippen LogP contribution in [0.15, 0.2) is 0 Å². The molecule has 0 heterocycles. The van der Waals surface area contributed by atoms with Crippen LogP contribution >= 0.6 is 0 Å². The zero-order valence-corrected chi connectivity index (χ0v) is 12.5. The molecule has 0 N–H and O–H groups in total. The quantitative estimate of drug-likeness (QED) is 0.789. The fraction of sp³-hybridized carbons (Fsp3) is 0.688. The Morgan fingerprint density at radius 1 is 1.10 bits per heavy atom. The van der Waals surface area contributed by atoms with Crippen molar-refractivity contribution in [2.75, 3.05) is 0 Å². The van der Waals surface area contributed by atoms with Crippen molar-refractivity contribution in [1.29, 1.82) is 21.0 Å². The topological polar surface area (TPSA) is 112 Å². The van der Waals surface area contributed by atoms with E-state index in [1.54, 1.807) is 12.1 Å². The summed E-state index contributed by atoms with van der Waals surface area (Å²) in [5.74, 6) is -2.73. The van der Waals surface area contributed by atoms with E-state index in [1.165, 1.54) is 0 Å². The van der Waals surface area contributed by atoms with Crippen LogP contribution in [-0.4, -0.2) is 5.78 Å². The Morgan fingerprint density at radius 2 is 1.62 bits per heavy atom. The Hall–Kier alpha value is -2.37. The second kappa shape index (κ2) is 6.39. The van der Waals surface area contributed by atoms with Crippen molar-refractivity contribution in [3.05, 3.63) is 0 Å². The number of carbonyl (C=O) groups is 1. The van der Waals surface area contributed by atoms with Gasteiger partial charge in [-0.05, 0) is 24.7 Å². The molecule has 1 aliphatic rings. The maximum Gasteiger partial charge on any atom is 0.182 e. The lowest BCUT2D eigenvalue weighted by Gasteiger charge is -2.40. The lowest BCUT2D eigenvalue weighted by molar-refractivity contribution is -0.136. The van der Waals surface area contributed by atoms with Crippen LogP contribution in [0.5, 0.6) is 0 Å². The van der Waals surface area contributed by atoms with Gasteiger partial charge in [0.05, 0.1) is 30.2 Å². The van der Waals surface area contributed by atoms with E-state index in [-0.39, 0.29) is 23.5 Å². The van der Waals surface area contributed by atoms with Gasteiger partial charge in [-0.2, -0.15) is 21.0 Å². The highest BCUT2D eigenvalue weighted by Gasteiger charge is 2.55. The SMILES string of the molecule is CC(C)[C@H]1CC[C@@H](C)[C@@H](C(C#N)(C#N)C(C#N)C#N)C1=O. The van der Waals surface area contributed by atoms with E-state index in [1.807, 2.05) is 32.9 Å². The molecule has 1 fully saturated rings. The van der Waals surface area contributed by atoms with Gasteiger partial charge in [-0.3, -0.25) is 4.79 Å². The van der Waals surface area contributed by atoms with Crippen molar-refractivity contribution in [2.24, 2.45) is 35.0 Å². The third-order valence-electron chi connectivity index (χ3n) is 4.55. The average Bonchev–Trinajstić information content (AvgIpc) is 2.46. The van der Waals surface area contributed by atoms with E-state index in [0.29, 0.717) is 6.42 Å². The van der Waals surface area contributed by atoms with Crippen LogP contribution in [0.25, 0.3) is 0 Å². The average molecular weight is 282 g/mol. The van der Waals surface area contributed by atoms with Crippen LogP contribution in [0, 0.1) is 80.3 Å². The summed E-state index contributed by atoms with van der Waals surface area (Å²) in [6.07, 6.45) is 1.44. The first-order valence-corrected chi connectivity index (χ1v) is 7.05. The first-order valence-electron chi connectivity index (χ1n) is 7.05. The molecule has 0 amide bonds. The van der Waals surface area contributed by atoms with Gasteiger partial charge in [0.15, 0.2) is 11.3 Å². The maximum absolute atomic E-state index is 12.8. The van der Waals surface area contributed by atoms with Crippen molar-refractivity contribution in [2.45, 2.75) is 33.6 Å². The molecule has 0 bridgehead atoms.